The molecule has 8 nitrogen and oxygen atoms in total. The molecule has 4 heterocycles. The van der Waals surface area contributed by atoms with Crippen LogP contribution in [0.3, 0.4) is 0 Å². The molecule has 3 aromatic heterocycles. The van der Waals surface area contributed by atoms with E-state index in [1.807, 2.05) is 18.3 Å². The number of nitrogens with zero attached hydrogens (tertiary/aromatic N) is 4. The highest BCUT2D eigenvalue weighted by molar-refractivity contribution is 7.99. The summed E-state index contributed by atoms with van der Waals surface area (Å²) in [5.74, 6) is 5.13. The summed E-state index contributed by atoms with van der Waals surface area (Å²) in [5.41, 5.74) is 2.45. The maximum Gasteiger partial charge on any atom is 0.164 e. The van der Waals surface area contributed by atoms with Crippen molar-refractivity contribution in [3.63, 3.8) is 0 Å². The number of anilines is 1. The highest BCUT2D eigenvalue weighted by Gasteiger charge is 2.52. The van der Waals surface area contributed by atoms with Gasteiger partial charge in [0.2, 0.25) is 0 Å². The Kier molecular flexibility index (Phi) is 4.16. The van der Waals surface area contributed by atoms with Gasteiger partial charge in [-0.2, -0.15) is 0 Å². The van der Waals surface area contributed by atoms with Gasteiger partial charge in [0.25, 0.3) is 0 Å². The summed E-state index contributed by atoms with van der Waals surface area (Å²) in [5, 5.41) is 7.02. The molecule has 1 saturated heterocycles. The van der Waals surface area contributed by atoms with Crippen LogP contribution in [0.5, 0.6) is 0 Å². The Bertz CT molecular complexity index is 1180. The van der Waals surface area contributed by atoms with E-state index >= 15 is 0 Å². The van der Waals surface area contributed by atoms with Gasteiger partial charge in [0.05, 0.1) is 41.4 Å². The quantitative estimate of drug-likeness (QED) is 0.633. The molecule has 1 saturated carbocycles. The monoisotopic (exact) mass is 412 g/mol. The van der Waals surface area contributed by atoms with Crippen molar-refractivity contribution in [2.24, 2.45) is 5.14 Å². The largest absolute Gasteiger partial charge is 0.377 e. The van der Waals surface area contributed by atoms with E-state index in [0.29, 0.717) is 37.6 Å². The minimum absolute atomic E-state index is 0.178. The second-order valence-electron chi connectivity index (χ2n) is 7.90. The van der Waals surface area contributed by atoms with Crippen LogP contribution in [-0.4, -0.2) is 55.8 Å². The lowest BCUT2D eigenvalue weighted by Gasteiger charge is -2.35. The van der Waals surface area contributed by atoms with Crippen LogP contribution in [0.1, 0.15) is 25.5 Å². The Balaban J connectivity index is 1.72. The zero-order valence-electron chi connectivity index (χ0n) is 16.3. The first kappa shape index (κ1) is 18.5. The van der Waals surface area contributed by atoms with Gasteiger partial charge in [0.1, 0.15) is 5.82 Å². The van der Waals surface area contributed by atoms with Gasteiger partial charge in [-0.1, -0.05) is 0 Å². The summed E-state index contributed by atoms with van der Waals surface area (Å²) in [7, 11) is -2.79. The number of hydrogen-bond acceptors (Lipinski definition) is 6. The van der Waals surface area contributed by atoms with Crippen molar-refractivity contribution in [2.45, 2.75) is 30.6 Å². The molecule has 0 bridgehead atoms. The first-order chi connectivity index (χ1) is 13.9. The molecule has 152 valence electrons. The van der Waals surface area contributed by atoms with E-state index in [1.165, 1.54) is 0 Å². The van der Waals surface area contributed by atoms with Gasteiger partial charge < -0.3 is 14.6 Å². The lowest BCUT2D eigenvalue weighted by molar-refractivity contribution is 0.0985. The van der Waals surface area contributed by atoms with E-state index in [1.54, 1.807) is 12.4 Å². The van der Waals surface area contributed by atoms with Crippen LogP contribution >= 0.6 is 0 Å². The Morgan fingerprint density at radius 1 is 1.38 bits per heavy atom. The summed E-state index contributed by atoms with van der Waals surface area (Å²) < 4.78 is 17.7. The van der Waals surface area contributed by atoms with Gasteiger partial charge in [-0.05, 0) is 31.7 Å². The molecule has 1 unspecified atom stereocenters. The molecule has 1 aliphatic carbocycles. The average Bonchev–Trinajstić information content (AvgIpc) is 3.39. The molecule has 1 aliphatic heterocycles. The van der Waals surface area contributed by atoms with Crippen molar-refractivity contribution in [1.29, 1.82) is 0 Å². The minimum Gasteiger partial charge on any atom is -0.377 e. The summed E-state index contributed by atoms with van der Waals surface area (Å²) in [4.78, 5) is 19.4. The zero-order chi connectivity index (χ0) is 20.2. The molecule has 9 heteroatoms. The number of fused-ring (bicyclic) bond motifs is 1. The Morgan fingerprint density at radius 3 is 2.93 bits per heavy atom. The lowest BCUT2D eigenvalue weighted by atomic mass is 10.1. The molecular formula is C20H24N6O2S. The van der Waals surface area contributed by atoms with Crippen molar-refractivity contribution in [3.8, 4) is 11.4 Å². The van der Waals surface area contributed by atoms with E-state index in [-0.39, 0.29) is 6.04 Å². The van der Waals surface area contributed by atoms with Gasteiger partial charge in [-0.25, -0.2) is 9.97 Å². The normalized spacial score (nSPS) is 23.1. The van der Waals surface area contributed by atoms with Crippen molar-refractivity contribution < 1.29 is 8.95 Å². The van der Waals surface area contributed by atoms with Gasteiger partial charge in [0.15, 0.2) is 5.82 Å². The third-order valence-corrected chi connectivity index (χ3v) is 7.86. The molecule has 0 spiro atoms. The minimum atomic E-state index is -2.79. The number of pyridine rings is 1. The lowest BCUT2D eigenvalue weighted by Crippen LogP contribution is -2.44. The Hall–Kier alpha value is -2.49. The topological polar surface area (TPSA) is 110 Å². The number of nitrogens with two attached hydrogens (primary N) is 1. The molecular weight excluding hydrogens is 388 g/mol. The van der Waals surface area contributed by atoms with E-state index in [9.17, 15) is 4.21 Å². The van der Waals surface area contributed by atoms with E-state index in [2.05, 4.69) is 27.7 Å². The number of H-pyrrole nitrogens is 1. The van der Waals surface area contributed by atoms with Crippen LogP contribution in [0.4, 0.5) is 5.82 Å². The predicted molar refractivity (Wildman–Crippen MR) is 115 cm³/mol. The van der Waals surface area contributed by atoms with E-state index < -0.39 is 14.5 Å². The molecule has 0 radical (unpaired) electrons. The first-order valence-corrected chi connectivity index (χ1v) is 11.5. The third-order valence-electron chi connectivity index (χ3n) is 5.92. The molecule has 0 aromatic carbocycles. The molecule has 29 heavy (non-hydrogen) atoms. The number of aromatic nitrogens is 4. The standard InChI is InChI=1S/C20H24N6O2S/c1-13-12-28-8-7-26(13)18-9-17(20(4-5-20)29(2,21)27)24-19(25-18)15-10-22-11-16-14(15)3-6-23-16/h3,6,9-11,13,23H,2,4-5,7-8,12H2,1H3,(H2,21,27)/t13-,29?/m1/s1. The fourth-order valence-electron chi connectivity index (χ4n) is 4.05. The first-order valence-electron chi connectivity index (χ1n) is 9.69. The fraction of sp³-hybridized carbons (Fsp3) is 0.400. The van der Waals surface area contributed by atoms with Crippen molar-refractivity contribution in [1.82, 2.24) is 19.9 Å². The highest BCUT2D eigenvalue weighted by Crippen LogP contribution is 2.51. The van der Waals surface area contributed by atoms with Crippen molar-refractivity contribution in [3.05, 3.63) is 36.4 Å². The summed E-state index contributed by atoms with van der Waals surface area (Å²) in [6.07, 6.45) is 6.85. The number of ether oxygens (including phenoxy) is 1. The molecule has 5 rings (SSSR count). The molecule has 2 atom stereocenters. The molecule has 2 aliphatic rings. The van der Waals surface area contributed by atoms with Crippen molar-refractivity contribution in [2.75, 3.05) is 24.7 Å². The fourth-order valence-corrected chi connectivity index (χ4v) is 5.30. The summed E-state index contributed by atoms with van der Waals surface area (Å²) in [6.45, 7) is 4.12. The maximum absolute atomic E-state index is 12.8. The van der Waals surface area contributed by atoms with Crippen LogP contribution in [-0.2, 0) is 19.2 Å². The van der Waals surface area contributed by atoms with E-state index in [0.717, 1.165) is 28.8 Å². The summed E-state index contributed by atoms with van der Waals surface area (Å²) >= 11 is 0. The molecule has 2 fully saturated rings. The average molecular weight is 413 g/mol. The van der Waals surface area contributed by atoms with Gasteiger partial charge in [-0.3, -0.25) is 14.3 Å². The van der Waals surface area contributed by atoms with Crippen LogP contribution in [0, 0.1) is 0 Å². The SMILES string of the molecule is C=S(N)(=O)C1(c2cc(N3CCOC[C@H]3C)nc(-c3cncc4[nH]ccc34)n2)CC1. The summed E-state index contributed by atoms with van der Waals surface area (Å²) in [6, 6.07) is 4.10. The smallest absolute Gasteiger partial charge is 0.164 e. The van der Waals surface area contributed by atoms with Gasteiger partial charge in [0, 0.05) is 45.7 Å². The van der Waals surface area contributed by atoms with Crippen LogP contribution < -0.4 is 10.0 Å². The maximum atomic E-state index is 12.8. The zero-order valence-corrected chi connectivity index (χ0v) is 17.1. The molecule has 3 N–H and O–H groups in total. The molecule has 3 aromatic rings. The number of hydrogen-bond donors (Lipinski definition) is 2. The predicted octanol–water partition coefficient (Wildman–Crippen LogP) is 1.82. The van der Waals surface area contributed by atoms with Crippen LogP contribution in [0.15, 0.2) is 30.7 Å². The van der Waals surface area contributed by atoms with Gasteiger partial charge >= 0.3 is 0 Å². The highest BCUT2D eigenvalue weighted by atomic mass is 32.2. The van der Waals surface area contributed by atoms with Crippen LogP contribution in [0.25, 0.3) is 22.3 Å². The van der Waals surface area contributed by atoms with Crippen LogP contribution in [0.2, 0.25) is 0 Å². The van der Waals surface area contributed by atoms with E-state index in [4.69, 9.17) is 19.8 Å². The third kappa shape index (κ3) is 3.00. The Labute approximate surface area is 169 Å². The number of nitrogens with one attached hydrogen (secondary N) is 1. The second-order valence-corrected chi connectivity index (χ2v) is 10.1. The molecule has 0 amide bonds. The number of rotatable bonds is 4. The number of aromatic amines is 1. The second kappa shape index (κ2) is 6.51. The number of morpholine rings is 1. The Morgan fingerprint density at radius 2 is 2.21 bits per heavy atom. The van der Waals surface area contributed by atoms with Crippen molar-refractivity contribution >= 4 is 32.3 Å². The van der Waals surface area contributed by atoms with Gasteiger partial charge in [-0.15, -0.1) is 0 Å².